The molecular formula is C15H23N5O2. The predicted molar refractivity (Wildman–Crippen MR) is 85.1 cm³/mol. The highest BCUT2D eigenvalue weighted by Crippen LogP contribution is 2.11. The van der Waals surface area contributed by atoms with Gasteiger partial charge in [-0.3, -0.25) is 0 Å². The van der Waals surface area contributed by atoms with Crippen LogP contribution >= 0.6 is 0 Å². The summed E-state index contributed by atoms with van der Waals surface area (Å²) in [4.78, 5) is 19.6. The lowest BCUT2D eigenvalue weighted by Crippen LogP contribution is -2.38. The van der Waals surface area contributed by atoms with Gasteiger partial charge in [-0.15, -0.1) is 5.10 Å². The van der Waals surface area contributed by atoms with Crippen LogP contribution in [-0.2, 0) is 4.74 Å². The molecule has 0 saturated heterocycles. The summed E-state index contributed by atoms with van der Waals surface area (Å²) >= 11 is 0. The van der Waals surface area contributed by atoms with Gasteiger partial charge in [0.2, 0.25) is 0 Å². The van der Waals surface area contributed by atoms with Crippen molar-refractivity contribution in [1.29, 1.82) is 0 Å². The van der Waals surface area contributed by atoms with Crippen molar-refractivity contribution in [3.63, 3.8) is 0 Å². The van der Waals surface area contributed by atoms with Crippen LogP contribution in [0.25, 0.3) is 5.65 Å². The van der Waals surface area contributed by atoms with Crippen LogP contribution in [0, 0.1) is 0 Å². The zero-order chi connectivity index (χ0) is 16.3. The van der Waals surface area contributed by atoms with Crippen molar-refractivity contribution < 1.29 is 9.53 Å². The monoisotopic (exact) mass is 305 g/mol. The lowest BCUT2D eigenvalue weighted by atomic mass is 10.2. The Labute approximate surface area is 130 Å². The highest BCUT2D eigenvalue weighted by molar-refractivity contribution is 5.67. The van der Waals surface area contributed by atoms with Crippen LogP contribution in [0.1, 0.15) is 20.8 Å². The SMILES string of the molecule is CN(CCN(C)c1ccc2nccn2n1)C(=O)OC(C)(C)C. The van der Waals surface area contributed by atoms with Gasteiger partial charge in [-0.25, -0.2) is 14.3 Å². The summed E-state index contributed by atoms with van der Waals surface area (Å²) in [5.74, 6) is 0.822. The van der Waals surface area contributed by atoms with E-state index in [-0.39, 0.29) is 6.09 Å². The number of ether oxygens (including phenoxy) is 1. The van der Waals surface area contributed by atoms with Gasteiger partial charge in [-0.1, -0.05) is 0 Å². The van der Waals surface area contributed by atoms with E-state index < -0.39 is 5.60 Å². The van der Waals surface area contributed by atoms with Crippen LogP contribution in [0.15, 0.2) is 24.5 Å². The third-order valence-corrected chi connectivity index (χ3v) is 3.11. The van der Waals surface area contributed by atoms with Crippen LogP contribution in [-0.4, -0.2) is 58.4 Å². The first-order valence-electron chi connectivity index (χ1n) is 7.22. The number of rotatable bonds is 4. The number of fused-ring (bicyclic) bond motifs is 1. The molecule has 0 atom stereocenters. The van der Waals surface area contributed by atoms with E-state index in [0.717, 1.165) is 11.5 Å². The molecule has 2 rings (SSSR count). The van der Waals surface area contributed by atoms with E-state index >= 15 is 0 Å². The molecule has 0 aromatic carbocycles. The Morgan fingerprint density at radius 3 is 2.68 bits per heavy atom. The van der Waals surface area contributed by atoms with Gasteiger partial charge in [0.25, 0.3) is 0 Å². The predicted octanol–water partition coefficient (Wildman–Crippen LogP) is 2.03. The number of amides is 1. The number of nitrogens with zero attached hydrogens (tertiary/aromatic N) is 5. The normalized spacial score (nSPS) is 11.5. The Kier molecular flexibility index (Phi) is 4.54. The summed E-state index contributed by atoms with van der Waals surface area (Å²) in [6, 6.07) is 3.83. The highest BCUT2D eigenvalue weighted by atomic mass is 16.6. The topological polar surface area (TPSA) is 63.0 Å². The number of aromatic nitrogens is 3. The second kappa shape index (κ2) is 6.21. The zero-order valence-corrected chi connectivity index (χ0v) is 13.8. The van der Waals surface area contributed by atoms with Gasteiger partial charge in [-0.05, 0) is 32.9 Å². The maximum Gasteiger partial charge on any atom is 0.410 e. The Hall–Kier alpha value is -2.31. The fraction of sp³-hybridized carbons (Fsp3) is 0.533. The standard InChI is InChI=1S/C15H23N5O2/c1-15(2,3)22-14(21)19(5)11-10-18(4)13-7-6-12-16-8-9-20(12)17-13/h6-9H,10-11H2,1-5H3. The molecule has 0 aliphatic rings. The molecule has 120 valence electrons. The number of hydrogen-bond donors (Lipinski definition) is 0. The number of carbonyl (C=O) groups is 1. The van der Waals surface area contributed by atoms with Crippen molar-refractivity contribution in [2.45, 2.75) is 26.4 Å². The number of likely N-dealkylation sites (N-methyl/N-ethyl adjacent to an activating group) is 2. The molecule has 0 aliphatic carbocycles. The van der Waals surface area contributed by atoms with Gasteiger partial charge in [0.15, 0.2) is 5.65 Å². The third-order valence-electron chi connectivity index (χ3n) is 3.11. The van der Waals surface area contributed by atoms with Crippen molar-refractivity contribution in [3.8, 4) is 0 Å². The second-order valence-corrected chi connectivity index (χ2v) is 6.24. The van der Waals surface area contributed by atoms with Gasteiger partial charge >= 0.3 is 6.09 Å². The number of carbonyl (C=O) groups excluding carboxylic acids is 1. The summed E-state index contributed by atoms with van der Waals surface area (Å²) in [5, 5.41) is 4.46. The maximum atomic E-state index is 11.9. The first-order valence-corrected chi connectivity index (χ1v) is 7.22. The molecule has 0 spiro atoms. The minimum atomic E-state index is -0.481. The smallest absolute Gasteiger partial charge is 0.410 e. The Bertz CT molecular complexity index is 647. The Balaban J connectivity index is 1.91. The molecule has 0 bridgehead atoms. The molecule has 0 radical (unpaired) electrons. The molecule has 2 aromatic rings. The third kappa shape index (κ3) is 4.09. The largest absolute Gasteiger partial charge is 0.444 e. The second-order valence-electron chi connectivity index (χ2n) is 6.24. The minimum Gasteiger partial charge on any atom is -0.444 e. The summed E-state index contributed by atoms with van der Waals surface area (Å²) in [7, 11) is 3.67. The van der Waals surface area contributed by atoms with Crippen LogP contribution in [0.4, 0.5) is 10.6 Å². The first kappa shape index (κ1) is 16.1. The van der Waals surface area contributed by atoms with Crippen LogP contribution < -0.4 is 4.90 Å². The molecule has 2 aromatic heterocycles. The lowest BCUT2D eigenvalue weighted by Gasteiger charge is -2.26. The molecule has 22 heavy (non-hydrogen) atoms. The van der Waals surface area contributed by atoms with Crippen molar-refractivity contribution >= 4 is 17.6 Å². The molecule has 7 heteroatoms. The zero-order valence-electron chi connectivity index (χ0n) is 13.8. The quantitative estimate of drug-likeness (QED) is 0.865. The summed E-state index contributed by atoms with van der Waals surface area (Å²) in [6.07, 6.45) is 3.20. The fourth-order valence-electron chi connectivity index (χ4n) is 1.85. The Morgan fingerprint density at radius 2 is 2.00 bits per heavy atom. The van der Waals surface area contributed by atoms with Gasteiger partial charge in [-0.2, -0.15) is 0 Å². The molecule has 7 nitrogen and oxygen atoms in total. The van der Waals surface area contributed by atoms with Crippen LogP contribution in [0.5, 0.6) is 0 Å². The molecule has 0 saturated carbocycles. The van der Waals surface area contributed by atoms with E-state index in [2.05, 4.69) is 10.1 Å². The average Bonchev–Trinajstić information content (AvgIpc) is 2.89. The van der Waals surface area contributed by atoms with Crippen molar-refractivity contribution in [1.82, 2.24) is 19.5 Å². The number of hydrogen-bond acceptors (Lipinski definition) is 5. The van der Waals surface area contributed by atoms with Gasteiger partial charge < -0.3 is 14.5 Å². The van der Waals surface area contributed by atoms with Gasteiger partial charge in [0.05, 0.1) is 0 Å². The van der Waals surface area contributed by atoms with Crippen molar-refractivity contribution in [3.05, 3.63) is 24.5 Å². The number of imidazole rings is 1. The van der Waals surface area contributed by atoms with Gasteiger partial charge in [0.1, 0.15) is 11.4 Å². The lowest BCUT2D eigenvalue weighted by molar-refractivity contribution is 0.0303. The first-order chi connectivity index (χ1) is 10.3. The van der Waals surface area contributed by atoms with Crippen LogP contribution in [0.3, 0.4) is 0 Å². The van der Waals surface area contributed by atoms with E-state index in [1.54, 1.807) is 28.9 Å². The van der Waals surface area contributed by atoms with E-state index in [1.165, 1.54) is 0 Å². The van der Waals surface area contributed by atoms with Crippen LogP contribution in [0.2, 0.25) is 0 Å². The van der Waals surface area contributed by atoms with Crippen molar-refractivity contribution in [2.75, 3.05) is 32.1 Å². The Morgan fingerprint density at radius 1 is 1.27 bits per heavy atom. The molecule has 0 N–H and O–H groups in total. The average molecular weight is 305 g/mol. The van der Waals surface area contributed by atoms with Gasteiger partial charge in [0, 0.05) is 39.6 Å². The molecule has 0 unspecified atom stereocenters. The fourth-order valence-corrected chi connectivity index (χ4v) is 1.85. The minimum absolute atomic E-state index is 0.320. The molecule has 2 heterocycles. The highest BCUT2D eigenvalue weighted by Gasteiger charge is 2.19. The van der Waals surface area contributed by atoms with E-state index in [1.807, 2.05) is 44.9 Å². The molecule has 0 fully saturated rings. The van der Waals surface area contributed by atoms with E-state index in [0.29, 0.717) is 13.1 Å². The number of anilines is 1. The molecule has 1 amide bonds. The summed E-state index contributed by atoms with van der Waals surface area (Å²) in [5.41, 5.74) is 0.327. The summed E-state index contributed by atoms with van der Waals surface area (Å²) in [6.45, 7) is 6.78. The maximum absolute atomic E-state index is 11.9. The van der Waals surface area contributed by atoms with Crippen molar-refractivity contribution in [2.24, 2.45) is 0 Å². The van der Waals surface area contributed by atoms with E-state index in [9.17, 15) is 4.79 Å². The summed E-state index contributed by atoms with van der Waals surface area (Å²) < 4.78 is 7.05. The molecular weight excluding hydrogens is 282 g/mol. The van der Waals surface area contributed by atoms with E-state index in [4.69, 9.17) is 4.74 Å². The molecule has 0 aliphatic heterocycles.